The molecule has 3 aromatic heterocycles. The molecule has 0 spiro atoms. The monoisotopic (exact) mass is 736 g/mol. The Balaban J connectivity index is 0.885. The number of unbranched alkanes of at least 4 members (excludes halogenated alkanes) is 1. The van der Waals surface area contributed by atoms with E-state index in [1.54, 1.807) is 11.6 Å². The number of nitrogens with one attached hydrogen (secondary N) is 3. The SMILES string of the molecule is CCCCNc1ncc2c(-c3ccc(CNCCOCCCc4ccc5c(c4)n(C)c(=O)n5[C@H]4CCC(=O)NC4=O)cc3)cn([C@H]3CC[C@H](O)CC3)c2n1. The molecule has 0 unspecified atom stereocenters. The minimum absolute atomic E-state index is 0.209. The number of aliphatic hydroxyl groups is 1. The maximum absolute atomic E-state index is 13.0. The zero-order valence-corrected chi connectivity index (χ0v) is 31.4. The van der Waals surface area contributed by atoms with Crippen molar-refractivity contribution in [3.63, 3.8) is 0 Å². The number of hydrogen-bond acceptors (Lipinski definition) is 9. The number of imide groups is 1. The van der Waals surface area contributed by atoms with Crippen LogP contribution in [0.4, 0.5) is 5.95 Å². The molecule has 1 atom stereocenters. The lowest BCUT2D eigenvalue weighted by Crippen LogP contribution is -2.44. The minimum atomic E-state index is -0.684. The summed E-state index contributed by atoms with van der Waals surface area (Å²) in [5.74, 6) is -0.0650. The van der Waals surface area contributed by atoms with Crippen LogP contribution in [-0.2, 0) is 34.3 Å². The first-order valence-corrected chi connectivity index (χ1v) is 19.5. The smallest absolute Gasteiger partial charge is 0.329 e. The third-order valence-corrected chi connectivity index (χ3v) is 10.9. The zero-order valence-electron chi connectivity index (χ0n) is 31.4. The van der Waals surface area contributed by atoms with E-state index in [1.165, 1.54) is 10.1 Å². The molecule has 0 bridgehead atoms. The van der Waals surface area contributed by atoms with Gasteiger partial charge in [0.05, 0.1) is 23.7 Å². The molecular formula is C41H52N8O5. The first kappa shape index (κ1) is 37.5. The Labute approximate surface area is 315 Å². The number of nitrogens with zero attached hydrogens (tertiary/aromatic N) is 5. The summed E-state index contributed by atoms with van der Waals surface area (Å²) in [7, 11) is 1.71. The van der Waals surface area contributed by atoms with Crippen molar-refractivity contribution in [1.82, 2.24) is 34.3 Å². The number of aromatic nitrogens is 5. The van der Waals surface area contributed by atoms with Crippen LogP contribution in [0.15, 0.2) is 59.7 Å². The van der Waals surface area contributed by atoms with Gasteiger partial charge in [-0.15, -0.1) is 0 Å². The summed E-state index contributed by atoms with van der Waals surface area (Å²) in [6, 6.07) is 14.2. The number of benzene rings is 2. The minimum Gasteiger partial charge on any atom is -0.393 e. The number of aliphatic hydroxyl groups excluding tert-OH is 1. The Morgan fingerprint density at radius 3 is 2.52 bits per heavy atom. The highest BCUT2D eigenvalue weighted by atomic mass is 16.5. The molecule has 5 aromatic rings. The Morgan fingerprint density at radius 1 is 0.944 bits per heavy atom. The van der Waals surface area contributed by atoms with Crippen LogP contribution in [0.1, 0.15) is 87.9 Å². The Bertz CT molecular complexity index is 2140. The van der Waals surface area contributed by atoms with Crippen LogP contribution in [-0.4, -0.2) is 73.0 Å². The van der Waals surface area contributed by atoms with Gasteiger partial charge in [-0.25, -0.2) is 9.78 Å². The third kappa shape index (κ3) is 8.28. The van der Waals surface area contributed by atoms with Crippen LogP contribution in [0.3, 0.4) is 0 Å². The largest absolute Gasteiger partial charge is 0.393 e. The van der Waals surface area contributed by atoms with Crippen LogP contribution >= 0.6 is 0 Å². The molecule has 1 aliphatic heterocycles. The number of amides is 2. The second kappa shape index (κ2) is 17.1. The number of anilines is 1. The van der Waals surface area contributed by atoms with Gasteiger partial charge in [-0.3, -0.25) is 24.0 Å². The van der Waals surface area contributed by atoms with Gasteiger partial charge >= 0.3 is 5.69 Å². The van der Waals surface area contributed by atoms with Crippen molar-refractivity contribution < 1.29 is 19.4 Å². The number of carbonyl (C=O) groups is 2. The van der Waals surface area contributed by atoms with Crippen LogP contribution in [0.2, 0.25) is 0 Å². The van der Waals surface area contributed by atoms with Crippen molar-refractivity contribution in [3.05, 3.63) is 76.5 Å². The molecule has 2 fully saturated rings. The van der Waals surface area contributed by atoms with E-state index in [1.807, 2.05) is 24.4 Å². The summed E-state index contributed by atoms with van der Waals surface area (Å²) < 4.78 is 11.3. The third-order valence-electron chi connectivity index (χ3n) is 10.9. The molecule has 0 radical (unpaired) electrons. The summed E-state index contributed by atoms with van der Waals surface area (Å²) in [5, 5.41) is 20.4. The van der Waals surface area contributed by atoms with Crippen molar-refractivity contribution >= 4 is 39.8 Å². The molecule has 2 amide bonds. The van der Waals surface area contributed by atoms with E-state index < -0.39 is 11.9 Å². The molecule has 2 aliphatic rings. The van der Waals surface area contributed by atoms with Gasteiger partial charge in [-0.05, 0) is 80.2 Å². The topological polar surface area (TPSA) is 157 Å². The molecule has 2 aromatic carbocycles. The number of piperidine rings is 1. The predicted octanol–water partition coefficient (Wildman–Crippen LogP) is 5.16. The van der Waals surface area contributed by atoms with Crippen LogP contribution < -0.4 is 21.6 Å². The number of carbonyl (C=O) groups excluding carboxylic acids is 2. The quantitative estimate of drug-likeness (QED) is 0.0794. The van der Waals surface area contributed by atoms with Gasteiger partial charge in [0.1, 0.15) is 11.7 Å². The second-order valence-corrected chi connectivity index (χ2v) is 14.7. The molecule has 54 heavy (non-hydrogen) atoms. The normalized spacial score (nSPS) is 19.1. The standard InChI is InChI=1S/C41H52N8O5/c1-3-4-19-43-40-44-25-32-33(26-48(38(32)46-40)30-12-14-31(50)15-13-30)29-10-7-28(8-11-29)24-42-20-22-54-21-5-6-27-9-16-34-36(23-27)47(2)41(53)49(34)35-17-18-37(51)45-39(35)52/h7-11,16,23,25-26,30-31,35,42,50H,3-6,12-15,17-22,24H2,1-2H3,(H,43,44,46)(H,45,51,52)/t30-,31-,35-/m0/s1. The predicted molar refractivity (Wildman–Crippen MR) is 209 cm³/mol. The molecule has 13 heteroatoms. The van der Waals surface area contributed by atoms with E-state index in [0.717, 1.165) is 104 Å². The first-order valence-electron chi connectivity index (χ1n) is 19.5. The lowest BCUT2D eigenvalue weighted by Gasteiger charge is -2.27. The Morgan fingerprint density at radius 2 is 1.74 bits per heavy atom. The summed E-state index contributed by atoms with van der Waals surface area (Å²) in [4.78, 5) is 46.7. The molecule has 4 heterocycles. The number of hydrogen-bond donors (Lipinski definition) is 4. The van der Waals surface area contributed by atoms with Gasteiger partial charge < -0.3 is 25.0 Å². The van der Waals surface area contributed by atoms with Crippen LogP contribution in [0.25, 0.3) is 33.2 Å². The van der Waals surface area contributed by atoms with Gasteiger partial charge in [-0.2, -0.15) is 4.98 Å². The zero-order chi connectivity index (χ0) is 37.6. The number of rotatable bonds is 16. The average molecular weight is 737 g/mol. The Kier molecular flexibility index (Phi) is 11.9. The average Bonchev–Trinajstić information content (AvgIpc) is 3.67. The van der Waals surface area contributed by atoms with Crippen molar-refractivity contribution in [1.29, 1.82) is 0 Å². The van der Waals surface area contributed by atoms with Crippen molar-refractivity contribution in [3.8, 4) is 11.1 Å². The summed E-state index contributed by atoms with van der Waals surface area (Å²) >= 11 is 0. The number of ether oxygens (including phenoxy) is 1. The molecule has 13 nitrogen and oxygen atoms in total. The number of imidazole rings is 1. The maximum atomic E-state index is 13.0. The van der Waals surface area contributed by atoms with Gasteiger partial charge in [0.25, 0.3) is 0 Å². The van der Waals surface area contributed by atoms with E-state index in [2.05, 4.69) is 62.9 Å². The van der Waals surface area contributed by atoms with Crippen molar-refractivity contribution in [2.75, 3.05) is 31.6 Å². The van der Waals surface area contributed by atoms with Crippen molar-refractivity contribution in [2.24, 2.45) is 7.05 Å². The van der Waals surface area contributed by atoms with Crippen LogP contribution in [0, 0.1) is 0 Å². The molecule has 1 saturated carbocycles. The lowest BCUT2D eigenvalue weighted by atomic mass is 9.93. The summed E-state index contributed by atoms with van der Waals surface area (Å²) in [6.45, 7) is 5.73. The van der Waals surface area contributed by atoms with Crippen molar-refractivity contribution in [2.45, 2.75) is 95.9 Å². The van der Waals surface area contributed by atoms with E-state index in [0.29, 0.717) is 37.1 Å². The van der Waals surface area contributed by atoms with Gasteiger partial charge in [0.2, 0.25) is 17.8 Å². The molecule has 1 saturated heterocycles. The van der Waals surface area contributed by atoms with Crippen LogP contribution in [0.5, 0.6) is 0 Å². The Hall–Kier alpha value is -4.85. The highest BCUT2D eigenvalue weighted by Crippen LogP contribution is 2.37. The highest BCUT2D eigenvalue weighted by Gasteiger charge is 2.31. The maximum Gasteiger partial charge on any atom is 0.329 e. The molecular weight excluding hydrogens is 685 g/mol. The molecule has 4 N–H and O–H groups in total. The molecule has 7 rings (SSSR count). The second-order valence-electron chi connectivity index (χ2n) is 14.7. The summed E-state index contributed by atoms with van der Waals surface area (Å²) in [5.41, 5.74) is 6.69. The highest BCUT2D eigenvalue weighted by molar-refractivity contribution is 6.00. The fourth-order valence-electron chi connectivity index (χ4n) is 7.79. The fraction of sp³-hybridized carbons (Fsp3) is 0.488. The first-order chi connectivity index (χ1) is 26.3. The van der Waals surface area contributed by atoms with E-state index in [9.17, 15) is 19.5 Å². The van der Waals surface area contributed by atoms with Gasteiger partial charge in [0.15, 0.2) is 0 Å². The van der Waals surface area contributed by atoms with E-state index >= 15 is 0 Å². The van der Waals surface area contributed by atoms with E-state index in [4.69, 9.17) is 9.72 Å². The fourth-order valence-corrected chi connectivity index (χ4v) is 7.79. The molecule has 286 valence electrons. The lowest BCUT2D eigenvalue weighted by molar-refractivity contribution is -0.135. The number of fused-ring (bicyclic) bond motifs is 2. The van der Waals surface area contributed by atoms with Gasteiger partial charge in [-0.1, -0.05) is 43.7 Å². The molecule has 1 aliphatic carbocycles. The van der Waals surface area contributed by atoms with Gasteiger partial charge in [0, 0.05) is 69.1 Å². The van der Waals surface area contributed by atoms with E-state index in [-0.39, 0.29) is 24.1 Å². The number of aryl methyl sites for hydroxylation is 2. The summed E-state index contributed by atoms with van der Waals surface area (Å²) in [6.07, 6.45) is 11.8.